The first kappa shape index (κ1) is 14.9. The van der Waals surface area contributed by atoms with Gasteiger partial charge in [0, 0.05) is 0 Å². The van der Waals surface area contributed by atoms with Crippen molar-refractivity contribution in [1.82, 2.24) is 19.9 Å². The van der Waals surface area contributed by atoms with Crippen LogP contribution in [0.4, 0.5) is 0 Å². The van der Waals surface area contributed by atoms with Crippen molar-refractivity contribution in [2.45, 2.75) is 38.0 Å². The molecule has 106 valence electrons. The van der Waals surface area contributed by atoms with Crippen molar-refractivity contribution in [3.63, 3.8) is 0 Å². The maximum atomic E-state index is 9.63. The van der Waals surface area contributed by atoms with Gasteiger partial charge in [-0.15, -0.1) is 0 Å². The second kappa shape index (κ2) is 5.84. The van der Waals surface area contributed by atoms with Crippen LogP contribution in [-0.2, 0) is 0 Å². The van der Waals surface area contributed by atoms with Crippen LogP contribution < -0.4 is 0 Å². The van der Waals surface area contributed by atoms with E-state index in [-0.39, 0.29) is 11.5 Å². The Morgan fingerprint density at radius 2 is 0.850 bits per heavy atom. The van der Waals surface area contributed by atoms with Gasteiger partial charge in [0.05, 0.1) is 22.8 Å². The highest BCUT2D eigenvalue weighted by atomic mass is 33.1. The molecule has 2 N–H and O–H groups in total. The van der Waals surface area contributed by atoms with E-state index in [1.165, 1.54) is 21.6 Å². The van der Waals surface area contributed by atoms with Crippen molar-refractivity contribution in [3.8, 4) is 11.5 Å². The molecular weight excluding hydrogens is 296 g/mol. The Bertz CT molecular complexity index is 560. The summed E-state index contributed by atoms with van der Waals surface area (Å²) in [5.41, 5.74) is 2.17. The molecule has 8 heteroatoms. The minimum absolute atomic E-state index is 0.118. The van der Waals surface area contributed by atoms with E-state index in [0.717, 1.165) is 0 Å². The summed E-state index contributed by atoms with van der Waals surface area (Å²) in [4.78, 5) is 16.7. The third-order valence-electron chi connectivity index (χ3n) is 2.61. The lowest BCUT2D eigenvalue weighted by Crippen LogP contribution is -1.95. The van der Waals surface area contributed by atoms with Crippen LogP contribution in [0.2, 0.25) is 0 Å². The molecule has 0 bridgehead atoms. The Balaban J connectivity index is 2.17. The monoisotopic (exact) mass is 310 g/mol. The molecule has 0 aliphatic carbocycles. The van der Waals surface area contributed by atoms with Crippen molar-refractivity contribution < 1.29 is 10.2 Å². The van der Waals surface area contributed by atoms with Gasteiger partial charge in [-0.25, -0.2) is 19.9 Å². The van der Waals surface area contributed by atoms with Gasteiger partial charge in [0.15, 0.2) is 21.8 Å². The minimum Gasteiger partial charge on any atom is -0.504 e. The lowest BCUT2D eigenvalue weighted by Gasteiger charge is -2.06. The molecule has 0 saturated heterocycles. The summed E-state index contributed by atoms with van der Waals surface area (Å²) in [6.45, 7) is 6.91. The summed E-state index contributed by atoms with van der Waals surface area (Å²) in [6, 6.07) is 0. The number of nitrogens with zero attached hydrogens (tertiary/aromatic N) is 4. The molecule has 0 saturated carbocycles. The van der Waals surface area contributed by atoms with E-state index in [0.29, 0.717) is 33.1 Å². The predicted octanol–water partition coefficient (Wildman–Crippen LogP) is 2.71. The zero-order chi connectivity index (χ0) is 14.9. The second-order valence-electron chi connectivity index (χ2n) is 4.22. The molecule has 0 fully saturated rings. The minimum atomic E-state index is 0.118. The van der Waals surface area contributed by atoms with Crippen LogP contribution in [0, 0.1) is 27.7 Å². The first-order valence-electron chi connectivity index (χ1n) is 5.81. The summed E-state index contributed by atoms with van der Waals surface area (Å²) in [6.07, 6.45) is 0. The van der Waals surface area contributed by atoms with Crippen LogP contribution >= 0.6 is 21.6 Å². The van der Waals surface area contributed by atoms with Gasteiger partial charge in [-0.1, -0.05) is 0 Å². The molecule has 0 atom stereocenters. The zero-order valence-electron chi connectivity index (χ0n) is 11.5. The van der Waals surface area contributed by atoms with E-state index in [9.17, 15) is 10.2 Å². The molecule has 0 unspecified atom stereocenters. The summed E-state index contributed by atoms with van der Waals surface area (Å²) in [7, 11) is 2.62. The predicted molar refractivity (Wildman–Crippen MR) is 78.1 cm³/mol. The van der Waals surface area contributed by atoms with Gasteiger partial charge >= 0.3 is 0 Å². The average molecular weight is 310 g/mol. The molecule has 0 aromatic carbocycles. The van der Waals surface area contributed by atoms with E-state index < -0.39 is 0 Å². The first-order chi connectivity index (χ1) is 9.38. The standard InChI is InChI=1S/C12H14N4O2S2/c1-5-9(17)6(2)14-11(13-5)19-20-12-15-7(3)10(18)8(4)16-12/h17-18H,1-4H3. The fraction of sp³-hybridized carbons (Fsp3) is 0.333. The molecule has 2 rings (SSSR count). The second-order valence-corrected chi connectivity index (χ2v) is 6.28. The normalized spacial score (nSPS) is 10.8. The van der Waals surface area contributed by atoms with Crippen LogP contribution in [0.1, 0.15) is 22.8 Å². The molecule has 2 aromatic rings. The molecule has 0 aliphatic heterocycles. The first-order valence-corrected chi connectivity index (χ1v) is 7.96. The van der Waals surface area contributed by atoms with Crippen molar-refractivity contribution in [1.29, 1.82) is 0 Å². The Kier molecular flexibility index (Phi) is 4.34. The number of rotatable bonds is 3. The number of aromatic nitrogens is 4. The fourth-order valence-electron chi connectivity index (χ4n) is 1.51. The molecule has 0 aliphatic rings. The van der Waals surface area contributed by atoms with Crippen molar-refractivity contribution in [3.05, 3.63) is 22.8 Å². The molecule has 2 heterocycles. The van der Waals surface area contributed by atoms with Gasteiger partial charge in [0.1, 0.15) is 0 Å². The molecule has 0 amide bonds. The SMILES string of the molecule is Cc1nc(SSc2nc(C)c(O)c(C)n2)nc(C)c1O. The van der Waals surface area contributed by atoms with Crippen LogP contribution in [0.25, 0.3) is 0 Å². The van der Waals surface area contributed by atoms with Gasteiger partial charge in [-0.2, -0.15) is 0 Å². The summed E-state index contributed by atoms with van der Waals surface area (Å²) in [5.74, 6) is 0.235. The van der Waals surface area contributed by atoms with Crippen molar-refractivity contribution >= 4 is 21.6 Å². The maximum Gasteiger partial charge on any atom is 0.199 e. The van der Waals surface area contributed by atoms with E-state index in [1.807, 2.05) is 0 Å². The average Bonchev–Trinajstić information content (AvgIpc) is 2.39. The Hall–Kier alpha value is -1.54. The fourth-order valence-corrected chi connectivity index (χ4v) is 3.25. The van der Waals surface area contributed by atoms with Gasteiger partial charge < -0.3 is 10.2 Å². The van der Waals surface area contributed by atoms with Gasteiger partial charge in [0.2, 0.25) is 0 Å². The summed E-state index contributed by atoms with van der Waals surface area (Å²) in [5, 5.41) is 20.3. The topological polar surface area (TPSA) is 92.0 Å². The van der Waals surface area contributed by atoms with Crippen molar-refractivity contribution in [2.24, 2.45) is 0 Å². The lowest BCUT2D eigenvalue weighted by molar-refractivity contribution is 0.455. The largest absolute Gasteiger partial charge is 0.504 e. The number of hydrogen-bond acceptors (Lipinski definition) is 8. The van der Waals surface area contributed by atoms with Crippen LogP contribution in [0.5, 0.6) is 11.5 Å². The number of aromatic hydroxyl groups is 2. The molecular formula is C12H14N4O2S2. The molecule has 0 radical (unpaired) electrons. The van der Waals surface area contributed by atoms with Crippen LogP contribution in [0.15, 0.2) is 10.3 Å². The van der Waals surface area contributed by atoms with Gasteiger partial charge in [0.25, 0.3) is 0 Å². The lowest BCUT2D eigenvalue weighted by atomic mass is 10.3. The summed E-state index contributed by atoms with van der Waals surface area (Å²) >= 11 is 0. The maximum absolute atomic E-state index is 9.63. The van der Waals surface area contributed by atoms with E-state index in [2.05, 4.69) is 19.9 Å². The smallest absolute Gasteiger partial charge is 0.199 e. The Labute approximate surface area is 124 Å². The van der Waals surface area contributed by atoms with E-state index in [4.69, 9.17) is 0 Å². The van der Waals surface area contributed by atoms with Crippen molar-refractivity contribution in [2.75, 3.05) is 0 Å². The number of aryl methyl sites for hydroxylation is 4. The van der Waals surface area contributed by atoms with E-state index in [1.54, 1.807) is 27.7 Å². The molecule has 0 spiro atoms. The van der Waals surface area contributed by atoms with Crippen LogP contribution in [-0.4, -0.2) is 30.1 Å². The summed E-state index contributed by atoms with van der Waals surface area (Å²) < 4.78 is 0. The Morgan fingerprint density at radius 1 is 0.600 bits per heavy atom. The molecule has 20 heavy (non-hydrogen) atoms. The molecule has 2 aromatic heterocycles. The zero-order valence-corrected chi connectivity index (χ0v) is 13.1. The third kappa shape index (κ3) is 3.13. The van der Waals surface area contributed by atoms with Gasteiger partial charge in [-0.3, -0.25) is 0 Å². The van der Waals surface area contributed by atoms with Gasteiger partial charge in [-0.05, 0) is 49.3 Å². The van der Waals surface area contributed by atoms with Crippen LogP contribution in [0.3, 0.4) is 0 Å². The number of hydrogen-bond donors (Lipinski definition) is 2. The third-order valence-corrected chi connectivity index (χ3v) is 4.51. The Morgan fingerprint density at radius 3 is 1.10 bits per heavy atom. The quantitative estimate of drug-likeness (QED) is 0.660. The highest BCUT2D eigenvalue weighted by molar-refractivity contribution is 8.76. The van der Waals surface area contributed by atoms with E-state index >= 15 is 0 Å². The molecule has 6 nitrogen and oxygen atoms in total. The highest BCUT2D eigenvalue weighted by Gasteiger charge is 2.11. The highest BCUT2D eigenvalue weighted by Crippen LogP contribution is 2.35.